The van der Waals surface area contributed by atoms with Crippen molar-refractivity contribution in [1.29, 1.82) is 0 Å². The fourth-order valence-electron chi connectivity index (χ4n) is 9.79. The average Bonchev–Trinajstić information content (AvgIpc) is 3.75. The SMILES string of the molecule is c1ccc(-c2ccc(N(c3ccccc3)c3cccc4ccc5c(c34)c3c4ccccc4cc(N(c4ccccc4)c4ccc(-c6ccccc6)cc4)c3n5-c3ccccc3)cc2)cc1. The van der Waals surface area contributed by atoms with Gasteiger partial charge >= 0.3 is 0 Å². The summed E-state index contributed by atoms with van der Waals surface area (Å²) in [4.78, 5) is 4.87. The largest absolute Gasteiger partial charge is 0.310 e. The van der Waals surface area contributed by atoms with Crippen LogP contribution in [0.25, 0.3) is 71.3 Å². The number of hydrogen-bond acceptors (Lipinski definition) is 2. The zero-order valence-corrected chi connectivity index (χ0v) is 35.7. The Kier molecular flexibility index (Phi) is 9.50. The molecule has 0 radical (unpaired) electrons. The summed E-state index contributed by atoms with van der Waals surface area (Å²) >= 11 is 0. The van der Waals surface area contributed by atoms with Crippen LogP contribution in [0.5, 0.6) is 0 Å². The fraction of sp³-hybridized carbons (Fsp3) is 0. The third-order valence-corrected chi connectivity index (χ3v) is 12.7. The van der Waals surface area contributed by atoms with Gasteiger partial charge in [-0.3, -0.25) is 0 Å². The van der Waals surface area contributed by atoms with Gasteiger partial charge in [0, 0.05) is 44.6 Å². The molecule has 0 atom stereocenters. The van der Waals surface area contributed by atoms with Crippen LogP contribution in [-0.4, -0.2) is 4.57 Å². The topological polar surface area (TPSA) is 11.4 Å². The summed E-state index contributed by atoms with van der Waals surface area (Å²) in [5.41, 5.74) is 14.7. The van der Waals surface area contributed by atoms with E-state index < -0.39 is 0 Å². The van der Waals surface area contributed by atoms with E-state index in [-0.39, 0.29) is 0 Å². The summed E-state index contributed by atoms with van der Waals surface area (Å²) in [6.07, 6.45) is 0. The predicted octanol–water partition coefficient (Wildman–Crippen LogP) is 17.4. The number of fused-ring (bicyclic) bond motifs is 7. The maximum Gasteiger partial charge on any atom is 0.0789 e. The molecule has 1 aromatic heterocycles. The molecule has 0 aliphatic rings. The van der Waals surface area contributed by atoms with Crippen LogP contribution < -0.4 is 9.80 Å². The summed E-state index contributed by atoms with van der Waals surface area (Å²) in [7, 11) is 0. The molecule has 0 saturated carbocycles. The highest BCUT2D eigenvalue weighted by atomic mass is 15.2. The molecular weight excluding hydrogens is 787 g/mol. The van der Waals surface area contributed by atoms with Gasteiger partial charge in [-0.2, -0.15) is 0 Å². The standard InChI is InChI=1S/C62H43N3/c1-6-19-44(20-7-1)46-33-38-53(39-34-46)63(50-25-10-3-11-26-50)56-32-18-24-48-37-42-57-61(59(48)56)60-55-31-17-16-23-49(55)43-58(62(60)65(57)52-29-14-5-15-30-52)64(51-27-12-4-13-28-51)54-40-35-47(36-41-54)45-21-8-2-9-22-45/h1-43H. The lowest BCUT2D eigenvalue weighted by atomic mass is 9.96. The van der Waals surface area contributed by atoms with Crippen LogP contribution in [0.2, 0.25) is 0 Å². The molecule has 0 saturated heterocycles. The van der Waals surface area contributed by atoms with Crippen molar-refractivity contribution in [1.82, 2.24) is 4.57 Å². The van der Waals surface area contributed by atoms with E-state index in [1.54, 1.807) is 0 Å². The van der Waals surface area contributed by atoms with Crippen molar-refractivity contribution in [2.24, 2.45) is 0 Å². The molecule has 306 valence electrons. The van der Waals surface area contributed by atoms with Crippen LogP contribution >= 0.6 is 0 Å². The first-order chi connectivity index (χ1) is 32.3. The van der Waals surface area contributed by atoms with Gasteiger partial charge in [-0.15, -0.1) is 0 Å². The minimum absolute atomic E-state index is 1.08. The summed E-state index contributed by atoms with van der Waals surface area (Å²) in [6.45, 7) is 0. The summed E-state index contributed by atoms with van der Waals surface area (Å²) in [6, 6.07) is 94.4. The van der Waals surface area contributed by atoms with E-state index in [2.05, 4.69) is 275 Å². The van der Waals surface area contributed by atoms with Crippen molar-refractivity contribution in [3.05, 3.63) is 261 Å². The second-order valence-electron chi connectivity index (χ2n) is 16.5. The fourth-order valence-corrected chi connectivity index (χ4v) is 9.79. The Bertz CT molecular complexity index is 3600. The third kappa shape index (κ3) is 6.70. The van der Waals surface area contributed by atoms with Crippen molar-refractivity contribution in [2.45, 2.75) is 0 Å². The molecule has 0 spiro atoms. The minimum atomic E-state index is 1.08. The van der Waals surface area contributed by atoms with E-state index in [1.807, 2.05) is 0 Å². The van der Waals surface area contributed by atoms with Gasteiger partial charge in [0.25, 0.3) is 0 Å². The molecular formula is C62H43N3. The van der Waals surface area contributed by atoms with Crippen LogP contribution in [0.4, 0.5) is 34.1 Å². The summed E-state index contributed by atoms with van der Waals surface area (Å²) in [5, 5.41) is 7.18. The zero-order chi connectivity index (χ0) is 43.1. The van der Waals surface area contributed by atoms with Gasteiger partial charge in [-0.05, 0) is 117 Å². The molecule has 1 heterocycles. The third-order valence-electron chi connectivity index (χ3n) is 12.7. The van der Waals surface area contributed by atoms with E-state index in [9.17, 15) is 0 Å². The smallest absolute Gasteiger partial charge is 0.0789 e. The van der Waals surface area contributed by atoms with Gasteiger partial charge in [-0.1, -0.05) is 182 Å². The minimum Gasteiger partial charge on any atom is -0.310 e. The Morgan fingerprint density at radius 2 is 0.723 bits per heavy atom. The van der Waals surface area contributed by atoms with E-state index >= 15 is 0 Å². The lowest BCUT2D eigenvalue weighted by molar-refractivity contribution is 1.17. The molecule has 12 aromatic rings. The Labute approximate surface area is 378 Å². The number of anilines is 6. The van der Waals surface area contributed by atoms with Gasteiger partial charge in [0.2, 0.25) is 0 Å². The predicted molar refractivity (Wildman–Crippen MR) is 276 cm³/mol. The molecule has 3 nitrogen and oxygen atoms in total. The molecule has 0 N–H and O–H groups in total. The van der Waals surface area contributed by atoms with Crippen LogP contribution in [-0.2, 0) is 0 Å². The molecule has 0 amide bonds. The Morgan fingerprint density at radius 1 is 0.277 bits per heavy atom. The number of hydrogen-bond donors (Lipinski definition) is 0. The van der Waals surface area contributed by atoms with E-state index in [0.717, 1.165) is 50.8 Å². The zero-order valence-electron chi connectivity index (χ0n) is 35.7. The maximum atomic E-state index is 2.50. The van der Waals surface area contributed by atoms with Crippen LogP contribution in [0.3, 0.4) is 0 Å². The molecule has 3 heteroatoms. The van der Waals surface area contributed by atoms with Crippen molar-refractivity contribution < 1.29 is 0 Å². The molecule has 65 heavy (non-hydrogen) atoms. The Hall–Kier alpha value is -8.66. The molecule has 0 unspecified atom stereocenters. The van der Waals surface area contributed by atoms with Crippen LogP contribution in [0, 0.1) is 0 Å². The quantitative estimate of drug-likeness (QED) is 0.144. The van der Waals surface area contributed by atoms with Crippen molar-refractivity contribution in [3.8, 4) is 27.9 Å². The van der Waals surface area contributed by atoms with Crippen molar-refractivity contribution in [2.75, 3.05) is 9.80 Å². The highest BCUT2D eigenvalue weighted by molar-refractivity contribution is 6.33. The van der Waals surface area contributed by atoms with E-state index in [1.165, 1.54) is 54.6 Å². The second-order valence-corrected chi connectivity index (χ2v) is 16.5. The van der Waals surface area contributed by atoms with Gasteiger partial charge in [0.1, 0.15) is 0 Å². The Morgan fingerprint density at radius 3 is 1.29 bits per heavy atom. The highest BCUT2D eigenvalue weighted by Gasteiger charge is 2.27. The number of para-hydroxylation sites is 3. The molecule has 11 aromatic carbocycles. The highest BCUT2D eigenvalue weighted by Crippen LogP contribution is 2.51. The van der Waals surface area contributed by atoms with Gasteiger partial charge in [0.15, 0.2) is 0 Å². The molecule has 0 aliphatic heterocycles. The first kappa shape index (κ1) is 38.0. The van der Waals surface area contributed by atoms with Gasteiger partial charge in [-0.25, -0.2) is 0 Å². The molecule has 0 bridgehead atoms. The monoisotopic (exact) mass is 829 g/mol. The molecule has 0 fully saturated rings. The second kappa shape index (κ2) is 16.2. The Balaban J connectivity index is 1.19. The average molecular weight is 830 g/mol. The number of nitrogens with zero attached hydrogens (tertiary/aromatic N) is 3. The summed E-state index contributed by atoms with van der Waals surface area (Å²) in [5.74, 6) is 0. The number of rotatable bonds is 9. The van der Waals surface area contributed by atoms with Gasteiger partial charge < -0.3 is 14.4 Å². The van der Waals surface area contributed by atoms with E-state index in [0.29, 0.717) is 0 Å². The number of benzene rings is 11. The van der Waals surface area contributed by atoms with Gasteiger partial charge in [0.05, 0.1) is 22.4 Å². The van der Waals surface area contributed by atoms with Crippen LogP contribution in [0.15, 0.2) is 261 Å². The number of aromatic nitrogens is 1. The van der Waals surface area contributed by atoms with Crippen molar-refractivity contribution >= 4 is 77.5 Å². The van der Waals surface area contributed by atoms with E-state index in [4.69, 9.17) is 0 Å². The molecule has 12 rings (SSSR count). The van der Waals surface area contributed by atoms with Crippen molar-refractivity contribution in [3.63, 3.8) is 0 Å². The lowest BCUT2D eigenvalue weighted by Gasteiger charge is -2.28. The molecule has 0 aliphatic carbocycles. The maximum absolute atomic E-state index is 2.50. The first-order valence-corrected chi connectivity index (χ1v) is 22.3. The van der Waals surface area contributed by atoms with Crippen LogP contribution in [0.1, 0.15) is 0 Å². The lowest BCUT2D eigenvalue weighted by Crippen LogP contribution is -2.11. The normalized spacial score (nSPS) is 11.4. The summed E-state index contributed by atoms with van der Waals surface area (Å²) < 4.78 is 2.50. The first-order valence-electron chi connectivity index (χ1n) is 22.3.